The molecular weight excluding hydrogens is 338 g/mol. The Morgan fingerprint density at radius 2 is 1.63 bits per heavy atom. The van der Waals surface area contributed by atoms with Crippen LogP contribution in [0.15, 0.2) is 60.7 Å². The Bertz CT molecular complexity index is 908. The van der Waals surface area contributed by atoms with Gasteiger partial charge in [-0.1, -0.05) is 42.5 Å². The molecular formula is C23H25NO3. The van der Waals surface area contributed by atoms with Crippen LogP contribution in [0.4, 0.5) is 0 Å². The maximum absolute atomic E-state index is 12.5. The van der Waals surface area contributed by atoms with Crippen molar-refractivity contribution in [1.29, 1.82) is 0 Å². The third-order valence-corrected chi connectivity index (χ3v) is 4.72. The van der Waals surface area contributed by atoms with Crippen molar-refractivity contribution >= 4 is 16.7 Å². The zero-order valence-corrected chi connectivity index (χ0v) is 16.0. The highest BCUT2D eigenvalue weighted by atomic mass is 16.5. The summed E-state index contributed by atoms with van der Waals surface area (Å²) >= 11 is 0. The molecule has 0 aliphatic carbocycles. The summed E-state index contributed by atoms with van der Waals surface area (Å²) in [6.07, 6.45) is 1.03. The van der Waals surface area contributed by atoms with E-state index in [9.17, 15) is 4.79 Å². The lowest BCUT2D eigenvalue weighted by Crippen LogP contribution is -2.27. The zero-order chi connectivity index (χ0) is 19.2. The van der Waals surface area contributed by atoms with E-state index in [1.807, 2.05) is 43.3 Å². The summed E-state index contributed by atoms with van der Waals surface area (Å²) in [5.41, 5.74) is 2.14. The molecule has 27 heavy (non-hydrogen) atoms. The number of nitrogens with one attached hydrogen (secondary N) is 1. The zero-order valence-electron chi connectivity index (χ0n) is 16.0. The van der Waals surface area contributed by atoms with Crippen molar-refractivity contribution in [2.45, 2.75) is 25.8 Å². The molecule has 0 aromatic heterocycles. The largest absolute Gasteiger partial charge is 0.497 e. The first kappa shape index (κ1) is 18.8. The number of carbonyl (C=O) groups excluding carboxylic acids is 1. The van der Waals surface area contributed by atoms with Gasteiger partial charge in [0.2, 0.25) is 5.91 Å². The predicted octanol–water partition coefficient (Wildman–Crippen LogP) is 4.67. The Labute approximate surface area is 160 Å². The van der Waals surface area contributed by atoms with Crippen molar-refractivity contribution < 1.29 is 14.3 Å². The van der Waals surface area contributed by atoms with Gasteiger partial charge in [-0.15, -0.1) is 0 Å². The van der Waals surface area contributed by atoms with Gasteiger partial charge >= 0.3 is 0 Å². The summed E-state index contributed by atoms with van der Waals surface area (Å²) in [6, 6.07) is 20.1. The standard InChI is InChI=1S/C23H25NO3/c1-16(21-10-6-8-18-7-4-5-9-22(18)21)24-23(25)12-11-17-13-19(26-2)15-20(14-17)27-3/h4-10,13-16H,11-12H2,1-3H3,(H,24,25)/t16-/m1/s1. The molecule has 3 aromatic carbocycles. The molecule has 1 atom stereocenters. The van der Waals surface area contributed by atoms with E-state index in [2.05, 4.69) is 29.6 Å². The van der Waals surface area contributed by atoms with Crippen molar-refractivity contribution in [2.24, 2.45) is 0 Å². The molecule has 0 saturated carbocycles. The summed E-state index contributed by atoms with van der Waals surface area (Å²) in [5, 5.41) is 5.47. The summed E-state index contributed by atoms with van der Waals surface area (Å²) in [6.45, 7) is 2.02. The number of ether oxygens (including phenoxy) is 2. The molecule has 0 fully saturated rings. The van der Waals surface area contributed by atoms with E-state index in [1.54, 1.807) is 14.2 Å². The maximum atomic E-state index is 12.5. The Hall–Kier alpha value is -3.01. The van der Waals surface area contributed by atoms with Crippen LogP contribution in [-0.2, 0) is 11.2 Å². The molecule has 1 amide bonds. The normalized spacial score (nSPS) is 11.8. The highest BCUT2D eigenvalue weighted by Crippen LogP contribution is 2.25. The first-order valence-corrected chi connectivity index (χ1v) is 9.09. The molecule has 1 N–H and O–H groups in total. The fourth-order valence-electron chi connectivity index (χ4n) is 3.29. The monoisotopic (exact) mass is 363 g/mol. The number of fused-ring (bicyclic) bond motifs is 1. The van der Waals surface area contributed by atoms with Crippen LogP contribution < -0.4 is 14.8 Å². The third kappa shape index (κ3) is 4.59. The molecule has 0 aliphatic rings. The number of rotatable bonds is 7. The van der Waals surface area contributed by atoms with Crippen LogP contribution in [0.2, 0.25) is 0 Å². The Morgan fingerprint density at radius 1 is 0.963 bits per heavy atom. The molecule has 3 rings (SSSR count). The Balaban J connectivity index is 1.65. The minimum absolute atomic E-state index is 0.0252. The quantitative estimate of drug-likeness (QED) is 0.664. The molecule has 0 unspecified atom stereocenters. The molecule has 0 saturated heterocycles. The third-order valence-electron chi connectivity index (χ3n) is 4.72. The lowest BCUT2D eigenvalue weighted by molar-refractivity contribution is -0.121. The second kappa shape index (κ2) is 8.58. The topological polar surface area (TPSA) is 47.6 Å². The number of methoxy groups -OCH3 is 2. The Kier molecular flexibility index (Phi) is 5.97. The van der Waals surface area contributed by atoms with Crippen molar-refractivity contribution in [3.8, 4) is 11.5 Å². The van der Waals surface area contributed by atoms with Gasteiger partial charge in [0.15, 0.2) is 0 Å². The fourth-order valence-corrected chi connectivity index (χ4v) is 3.29. The van der Waals surface area contributed by atoms with Crippen LogP contribution in [0.25, 0.3) is 10.8 Å². The molecule has 0 radical (unpaired) electrons. The lowest BCUT2D eigenvalue weighted by atomic mass is 9.99. The average molecular weight is 363 g/mol. The van der Waals surface area contributed by atoms with Gasteiger partial charge in [0.1, 0.15) is 11.5 Å². The number of hydrogen-bond donors (Lipinski definition) is 1. The highest BCUT2D eigenvalue weighted by molar-refractivity contribution is 5.86. The van der Waals surface area contributed by atoms with Gasteiger partial charge in [0.25, 0.3) is 0 Å². The van der Waals surface area contributed by atoms with Crippen LogP contribution in [0.3, 0.4) is 0 Å². The van der Waals surface area contributed by atoms with Crippen molar-refractivity contribution in [3.05, 3.63) is 71.8 Å². The van der Waals surface area contributed by atoms with Crippen LogP contribution >= 0.6 is 0 Å². The van der Waals surface area contributed by atoms with E-state index in [0.717, 1.165) is 22.6 Å². The molecule has 0 aliphatic heterocycles. The summed E-state index contributed by atoms with van der Waals surface area (Å²) in [5.74, 6) is 1.49. The van der Waals surface area contributed by atoms with Gasteiger partial charge in [-0.05, 0) is 47.4 Å². The lowest BCUT2D eigenvalue weighted by Gasteiger charge is -2.17. The van der Waals surface area contributed by atoms with Crippen LogP contribution in [0.1, 0.15) is 30.5 Å². The molecule has 0 heterocycles. The molecule has 3 aromatic rings. The van der Waals surface area contributed by atoms with Gasteiger partial charge < -0.3 is 14.8 Å². The van der Waals surface area contributed by atoms with E-state index in [0.29, 0.717) is 12.8 Å². The number of aryl methyl sites for hydroxylation is 1. The number of amides is 1. The Morgan fingerprint density at radius 3 is 2.33 bits per heavy atom. The van der Waals surface area contributed by atoms with E-state index in [1.165, 1.54) is 10.8 Å². The van der Waals surface area contributed by atoms with E-state index in [-0.39, 0.29) is 11.9 Å². The number of carbonyl (C=O) groups is 1. The van der Waals surface area contributed by atoms with E-state index >= 15 is 0 Å². The number of benzene rings is 3. The second-order valence-corrected chi connectivity index (χ2v) is 6.58. The summed E-state index contributed by atoms with van der Waals surface area (Å²) in [4.78, 5) is 12.5. The van der Waals surface area contributed by atoms with Crippen LogP contribution in [0.5, 0.6) is 11.5 Å². The summed E-state index contributed by atoms with van der Waals surface area (Å²) < 4.78 is 10.6. The molecule has 140 valence electrons. The van der Waals surface area contributed by atoms with Crippen molar-refractivity contribution in [2.75, 3.05) is 14.2 Å². The molecule has 4 nitrogen and oxygen atoms in total. The average Bonchev–Trinajstić information content (AvgIpc) is 2.71. The smallest absolute Gasteiger partial charge is 0.220 e. The first-order valence-electron chi connectivity index (χ1n) is 9.09. The van der Waals surface area contributed by atoms with Gasteiger partial charge in [-0.2, -0.15) is 0 Å². The number of hydrogen-bond acceptors (Lipinski definition) is 3. The minimum Gasteiger partial charge on any atom is -0.497 e. The van der Waals surface area contributed by atoms with E-state index in [4.69, 9.17) is 9.47 Å². The second-order valence-electron chi connectivity index (χ2n) is 6.58. The molecule has 0 bridgehead atoms. The maximum Gasteiger partial charge on any atom is 0.220 e. The SMILES string of the molecule is COc1cc(CCC(=O)N[C@H](C)c2cccc3ccccc23)cc(OC)c1. The predicted molar refractivity (Wildman–Crippen MR) is 108 cm³/mol. The minimum atomic E-state index is -0.0524. The van der Waals surface area contributed by atoms with Gasteiger partial charge in [-0.3, -0.25) is 4.79 Å². The van der Waals surface area contributed by atoms with Gasteiger partial charge in [0.05, 0.1) is 20.3 Å². The van der Waals surface area contributed by atoms with Crippen molar-refractivity contribution in [3.63, 3.8) is 0 Å². The van der Waals surface area contributed by atoms with Gasteiger partial charge in [0, 0.05) is 12.5 Å². The first-order chi connectivity index (χ1) is 13.1. The highest BCUT2D eigenvalue weighted by Gasteiger charge is 2.13. The summed E-state index contributed by atoms with van der Waals surface area (Å²) in [7, 11) is 3.24. The fraction of sp³-hybridized carbons (Fsp3) is 0.261. The molecule has 0 spiro atoms. The van der Waals surface area contributed by atoms with Gasteiger partial charge in [-0.25, -0.2) is 0 Å². The van der Waals surface area contributed by atoms with Crippen LogP contribution in [-0.4, -0.2) is 20.1 Å². The van der Waals surface area contributed by atoms with Crippen molar-refractivity contribution in [1.82, 2.24) is 5.32 Å². The van der Waals surface area contributed by atoms with Crippen LogP contribution in [0, 0.1) is 0 Å². The molecule has 4 heteroatoms. The van der Waals surface area contributed by atoms with E-state index < -0.39 is 0 Å².